The summed E-state index contributed by atoms with van der Waals surface area (Å²) in [6.07, 6.45) is 1.26. The quantitative estimate of drug-likeness (QED) is 0.892. The van der Waals surface area contributed by atoms with E-state index in [1.54, 1.807) is 22.7 Å². The largest absolute Gasteiger partial charge is 0.304 e. The first-order chi connectivity index (χ1) is 8.56. The summed E-state index contributed by atoms with van der Waals surface area (Å²) in [5, 5.41) is 7.39. The highest BCUT2D eigenvalue weighted by Crippen LogP contribution is 2.28. The summed E-state index contributed by atoms with van der Waals surface area (Å²) in [5.41, 5.74) is 0. The molecule has 2 heterocycles. The maximum absolute atomic E-state index is 11.2. The summed E-state index contributed by atoms with van der Waals surface area (Å²) in [4.78, 5) is 2.43. The fourth-order valence-corrected chi connectivity index (χ4v) is 3.84. The first-order valence-corrected chi connectivity index (χ1v) is 9.36. The predicted octanol–water partition coefficient (Wildman–Crippen LogP) is 2.53. The van der Waals surface area contributed by atoms with Gasteiger partial charge in [-0.25, -0.2) is 8.42 Å². The minimum atomic E-state index is -2.91. The summed E-state index contributed by atoms with van der Waals surface area (Å²) in [5.74, 6) is 0.167. The maximum atomic E-state index is 11.2. The minimum absolute atomic E-state index is 0.103. The van der Waals surface area contributed by atoms with Crippen molar-refractivity contribution < 1.29 is 8.42 Å². The number of hydrogen-bond acceptors (Lipinski definition) is 5. The Hall–Kier alpha value is -0.690. The average molecular weight is 301 g/mol. The number of hydrogen-bond donors (Lipinski definition) is 1. The molecule has 2 rings (SSSR count). The van der Waals surface area contributed by atoms with Crippen LogP contribution in [0.4, 0.5) is 0 Å². The first kappa shape index (κ1) is 13.7. The Labute approximate surface area is 115 Å². The van der Waals surface area contributed by atoms with Crippen molar-refractivity contribution in [3.8, 4) is 0 Å². The van der Waals surface area contributed by atoms with Gasteiger partial charge in [0.15, 0.2) is 0 Å². The van der Waals surface area contributed by atoms with E-state index >= 15 is 0 Å². The van der Waals surface area contributed by atoms with Crippen molar-refractivity contribution in [2.45, 2.75) is 6.04 Å². The molecular weight excluding hydrogens is 286 g/mol. The monoisotopic (exact) mass is 301 g/mol. The van der Waals surface area contributed by atoms with Gasteiger partial charge in [-0.2, -0.15) is 0 Å². The van der Waals surface area contributed by atoms with Crippen LogP contribution in [0.3, 0.4) is 0 Å². The fourth-order valence-electron chi connectivity index (χ4n) is 1.64. The Bertz CT molecular complexity index is 524. The van der Waals surface area contributed by atoms with E-state index in [0.29, 0.717) is 6.54 Å². The smallest absolute Gasteiger partial charge is 0.148 e. The van der Waals surface area contributed by atoms with E-state index in [9.17, 15) is 8.42 Å². The van der Waals surface area contributed by atoms with Crippen molar-refractivity contribution in [3.05, 3.63) is 44.8 Å². The highest BCUT2D eigenvalue weighted by Gasteiger charge is 2.16. The van der Waals surface area contributed by atoms with Crippen LogP contribution < -0.4 is 5.32 Å². The lowest BCUT2D eigenvalue weighted by molar-refractivity contribution is 0.590. The Balaban J connectivity index is 2.07. The predicted molar refractivity (Wildman–Crippen MR) is 78.2 cm³/mol. The van der Waals surface area contributed by atoms with Gasteiger partial charge in [-0.3, -0.25) is 0 Å². The lowest BCUT2D eigenvalue weighted by atomic mass is 10.2. The second kappa shape index (κ2) is 5.97. The average Bonchev–Trinajstić information content (AvgIpc) is 2.96. The third kappa shape index (κ3) is 3.91. The minimum Gasteiger partial charge on any atom is -0.304 e. The Morgan fingerprint density at radius 1 is 1.17 bits per heavy atom. The van der Waals surface area contributed by atoms with E-state index in [-0.39, 0.29) is 11.8 Å². The third-order valence-electron chi connectivity index (χ3n) is 2.48. The van der Waals surface area contributed by atoms with E-state index in [1.165, 1.54) is 16.0 Å². The van der Waals surface area contributed by atoms with Gasteiger partial charge in [0.2, 0.25) is 0 Å². The standard InChI is InChI=1S/C12H15NO2S3/c1-18(14,15)9-6-13-12(10-4-2-7-16-10)11-5-3-8-17-11/h2-5,7-8,12-13H,6,9H2,1H3. The van der Waals surface area contributed by atoms with Crippen LogP contribution >= 0.6 is 22.7 Å². The summed E-state index contributed by atoms with van der Waals surface area (Å²) in [6.45, 7) is 0.472. The van der Waals surface area contributed by atoms with Crippen LogP contribution in [0.1, 0.15) is 15.8 Å². The van der Waals surface area contributed by atoms with Crippen LogP contribution in [0, 0.1) is 0 Å². The molecule has 0 radical (unpaired) electrons. The van der Waals surface area contributed by atoms with Gasteiger partial charge in [0.05, 0.1) is 11.8 Å². The number of rotatable bonds is 6. The van der Waals surface area contributed by atoms with Crippen molar-refractivity contribution in [3.63, 3.8) is 0 Å². The molecule has 18 heavy (non-hydrogen) atoms. The van der Waals surface area contributed by atoms with Crippen molar-refractivity contribution in [2.24, 2.45) is 0 Å². The first-order valence-electron chi connectivity index (χ1n) is 5.54. The SMILES string of the molecule is CS(=O)(=O)CCNC(c1cccs1)c1cccs1. The molecule has 98 valence electrons. The van der Waals surface area contributed by atoms with Gasteiger partial charge in [0.25, 0.3) is 0 Å². The third-order valence-corrected chi connectivity index (χ3v) is 5.30. The Morgan fingerprint density at radius 3 is 2.11 bits per heavy atom. The Kier molecular flexibility index (Phi) is 4.55. The summed E-state index contributed by atoms with van der Waals surface area (Å²) < 4.78 is 22.3. The molecule has 0 saturated carbocycles. The zero-order valence-electron chi connectivity index (χ0n) is 10.00. The van der Waals surface area contributed by atoms with E-state index in [1.807, 2.05) is 22.9 Å². The van der Waals surface area contributed by atoms with Crippen LogP contribution in [-0.4, -0.2) is 27.0 Å². The number of thiophene rings is 2. The summed E-state index contributed by atoms with van der Waals surface area (Å²) in [7, 11) is -2.91. The van der Waals surface area contributed by atoms with Gasteiger partial charge < -0.3 is 5.32 Å². The zero-order chi connectivity index (χ0) is 13.0. The van der Waals surface area contributed by atoms with Crippen molar-refractivity contribution in [1.82, 2.24) is 5.32 Å². The van der Waals surface area contributed by atoms with Gasteiger partial charge >= 0.3 is 0 Å². The van der Waals surface area contributed by atoms with Gasteiger partial charge in [-0.1, -0.05) is 12.1 Å². The second-order valence-corrected chi connectivity index (χ2v) is 8.27. The van der Waals surface area contributed by atoms with Crippen molar-refractivity contribution in [1.29, 1.82) is 0 Å². The molecule has 2 aromatic rings. The number of nitrogens with one attached hydrogen (secondary N) is 1. The molecule has 6 heteroatoms. The van der Waals surface area contributed by atoms with E-state index in [0.717, 1.165) is 0 Å². The fraction of sp³-hybridized carbons (Fsp3) is 0.333. The van der Waals surface area contributed by atoms with E-state index in [4.69, 9.17) is 0 Å². The van der Waals surface area contributed by atoms with E-state index in [2.05, 4.69) is 17.4 Å². The molecule has 3 nitrogen and oxygen atoms in total. The topological polar surface area (TPSA) is 46.2 Å². The molecule has 0 bridgehead atoms. The van der Waals surface area contributed by atoms with Crippen LogP contribution in [-0.2, 0) is 9.84 Å². The van der Waals surface area contributed by atoms with Gasteiger partial charge in [0, 0.05) is 22.6 Å². The lowest BCUT2D eigenvalue weighted by Crippen LogP contribution is -2.26. The summed E-state index contributed by atoms with van der Waals surface area (Å²) in [6, 6.07) is 8.27. The van der Waals surface area contributed by atoms with Crippen LogP contribution in [0.5, 0.6) is 0 Å². The highest BCUT2D eigenvalue weighted by atomic mass is 32.2. The van der Waals surface area contributed by atoms with Gasteiger partial charge in [-0.05, 0) is 22.9 Å². The van der Waals surface area contributed by atoms with Crippen LogP contribution in [0.2, 0.25) is 0 Å². The molecule has 0 fully saturated rings. The molecular formula is C12H15NO2S3. The molecule has 0 atom stereocenters. The normalized spacial score (nSPS) is 12.1. The molecule has 0 amide bonds. The molecule has 0 aliphatic rings. The molecule has 0 saturated heterocycles. The molecule has 0 unspecified atom stereocenters. The second-order valence-electron chi connectivity index (χ2n) is 4.05. The Morgan fingerprint density at radius 2 is 1.72 bits per heavy atom. The van der Waals surface area contributed by atoms with Crippen molar-refractivity contribution in [2.75, 3.05) is 18.6 Å². The van der Waals surface area contributed by atoms with Gasteiger partial charge in [-0.15, -0.1) is 22.7 Å². The molecule has 2 aromatic heterocycles. The molecule has 0 aliphatic carbocycles. The van der Waals surface area contributed by atoms with Gasteiger partial charge in [0.1, 0.15) is 9.84 Å². The van der Waals surface area contributed by atoms with Crippen LogP contribution in [0.25, 0.3) is 0 Å². The molecule has 0 aromatic carbocycles. The molecule has 1 N–H and O–H groups in total. The van der Waals surface area contributed by atoms with Crippen LogP contribution in [0.15, 0.2) is 35.0 Å². The molecule has 0 aliphatic heterocycles. The van der Waals surface area contributed by atoms with Crippen molar-refractivity contribution >= 4 is 32.5 Å². The summed E-state index contributed by atoms with van der Waals surface area (Å²) >= 11 is 3.36. The zero-order valence-corrected chi connectivity index (χ0v) is 12.4. The maximum Gasteiger partial charge on any atom is 0.148 e. The lowest BCUT2D eigenvalue weighted by Gasteiger charge is -2.15. The number of sulfone groups is 1. The van der Waals surface area contributed by atoms with E-state index < -0.39 is 9.84 Å². The highest BCUT2D eigenvalue weighted by molar-refractivity contribution is 7.90. The molecule has 0 spiro atoms.